The summed E-state index contributed by atoms with van der Waals surface area (Å²) in [6.07, 6.45) is 0.955. The van der Waals surface area contributed by atoms with Crippen molar-refractivity contribution < 1.29 is 9.53 Å². The lowest BCUT2D eigenvalue weighted by atomic mass is 9.83. The van der Waals surface area contributed by atoms with Crippen molar-refractivity contribution >= 4 is 11.6 Å². The van der Waals surface area contributed by atoms with Gasteiger partial charge in [-0.2, -0.15) is 5.26 Å². The van der Waals surface area contributed by atoms with Crippen molar-refractivity contribution in [3.63, 3.8) is 0 Å². The lowest BCUT2D eigenvalue weighted by Gasteiger charge is -2.38. The van der Waals surface area contributed by atoms with E-state index in [9.17, 15) is 10.1 Å². The highest BCUT2D eigenvalue weighted by Gasteiger charge is 2.40. The summed E-state index contributed by atoms with van der Waals surface area (Å²) in [5.41, 5.74) is 1.73. The molecule has 0 radical (unpaired) electrons. The van der Waals surface area contributed by atoms with Crippen molar-refractivity contribution in [3.8, 4) is 6.07 Å². The zero-order valence-corrected chi connectivity index (χ0v) is 12.9. The van der Waals surface area contributed by atoms with Gasteiger partial charge in [0.2, 0.25) is 0 Å². The predicted molar refractivity (Wildman–Crippen MR) is 81.6 cm³/mol. The first kappa shape index (κ1) is 15.1. The molecule has 1 aromatic rings. The first-order chi connectivity index (χ1) is 9.94. The minimum Gasteiger partial charge on any atom is -0.499 e. The fourth-order valence-electron chi connectivity index (χ4n) is 2.71. The van der Waals surface area contributed by atoms with Crippen molar-refractivity contribution in [2.45, 2.75) is 27.2 Å². The van der Waals surface area contributed by atoms with E-state index in [1.165, 1.54) is 12.7 Å². The standard InChI is InChI=1S/C17H20N2O2/c1-5-12-6-8-13(9-7-12)19-11-17(2,3)15(21-4)14(10-18)16(19)20/h6-9H,5,11H2,1-4H3. The van der Waals surface area contributed by atoms with E-state index >= 15 is 0 Å². The van der Waals surface area contributed by atoms with Gasteiger partial charge in [-0.1, -0.05) is 32.9 Å². The van der Waals surface area contributed by atoms with Crippen molar-refractivity contribution in [1.29, 1.82) is 5.26 Å². The van der Waals surface area contributed by atoms with Gasteiger partial charge < -0.3 is 9.64 Å². The van der Waals surface area contributed by atoms with Gasteiger partial charge in [0.05, 0.1) is 7.11 Å². The molecule has 4 nitrogen and oxygen atoms in total. The molecule has 1 aromatic carbocycles. The summed E-state index contributed by atoms with van der Waals surface area (Å²) < 4.78 is 5.31. The third-order valence-electron chi connectivity index (χ3n) is 3.83. The van der Waals surface area contributed by atoms with Gasteiger partial charge in [-0.15, -0.1) is 0 Å². The normalized spacial score (nSPS) is 17.7. The van der Waals surface area contributed by atoms with Gasteiger partial charge in [0, 0.05) is 17.6 Å². The number of amides is 1. The molecular weight excluding hydrogens is 264 g/mol. The van der Waals surface area contributed by atoms with Crippen molar-refractivity contribution in [1.82, 2.24) is 0 Å². The van der Waals surface area contributed by atoms with Crippen molar-refractivity contribution in [3.05, 3.63) is 41.2 Å². The van der Waals surface area contributed by atoms with Crippen LogP contribution < -0.4 is 4.90 Å². The molecule has 1 aliphatic rings. The smallest absolute Gasteiger partial charge is 0.272 e. The van der Waals surface area contributed by atoms with E-state index < -0.39 is 5.41 Å². The molecule has 4 heteroatoms. The van der Waals surface area contributed by atoms with E-state index in [1.807, 2.05) is 44.2 Å². The van der Waals surface area contributed by atoms with Crippen LogP contribution in [0, 0.1) is 16.7 Å². The molecule has 0 saturated heterocycles. The molecule has 0 atom stereocenters. The number of nitriles is 1. The quantitative estimate of drug-likeness (QED) is 0.857. The second-order valence-corrected chi connectivity index (χ2v) is 5.82. The maximum absolute atomic E-state index is 12.5. The molecule has 110 valence electrons. The number of aryl methyl sites for hydroxylation is 1. The summed E-state index contributed by atoms with van der Waals surface area (Å²) in [6.45, 7) is 6.53. The SMILES string of the molecule is CCc1ccc(N2CC(C)(C)C(OC)=C(C#N)C2=O)cc1. The molecule has 2 rings (SSSR count). The summed E-state index contributed by atoms with van der Waals surface area (Å²) in [5, 5.41) is 9.31. The van der Waals surface area contributed by atoms with E-state index in [4.69, 9.17) is 4.74 Å². The molecule has 0 N–H and O–H groups in total. The van der Waals surface area contributed by atoms with E-state index in [1.54, 1.807) is 4.90 Å². The summed E-state index contributed by atoms with van der Waals surface area (Å²) in [4.78, 5) is 14.2. The summed E-state index contributed by atoms with van der Waals surface area (Å²) >= 11 is 0. The third-order valence-corrected chi connectivity index (χ3v) is 3.83. The zero-order valence-electron chi connectivity index (χ0n) is 12.9. The summed E-state index contributed by atoms with van der Waals surface area (Å²) in [7, 11) is 1.51. The molecule has 0 spiro atoms. The van der Waals surface area contributed by atoms with Crippen LogP contribution in [0.25, 0.3) is 0 Å². The van der Waals surface area contributed by atoms with Gasteiger partial charge in [0.1, 0.15) is 11.8 Å². The van der Waals surface area contributed by atoms with Crippen LogP contribution in [0.4, 0.5) is 5.69 Å². The molecule has 0 bridgehead atoms. The van der Waals surface area contributed by atoms with Crippen LogP contribution in [-0.4, -0.2) is 19.6 Å². The van der Waals surface area contributed by atoms with Gasteiger partial charge in [-0.05, 0) is 24.1 Å². The maximum Gasteiger partial charge on any atom is 0.272 e. The second-order valence-electron chi connectivity index (χ2n) is 5.82. The van der Waals surface area contributed by atoms with Crippen LogP contribution in [0.2, 0.25) is 0 Å². The molecule has 0 aromatic heterocycles. The molecular formula is C17H20N2O2. The number of ether oxygens (including phenoxy) is 1. The first-order valence-corrected chi connectivity index (χ1v) is 7.04. The van der Waals surface area contributed by atoms with E-state index in [2.05, 4.69) is 6.92 Å². The number of hydrogen-bond donors (Lipinski definition) is 0. The van der Waals surface area contributed by atoms with E-state index in [-0.39, 0.29) is 11.5 Å². The van der Waals surface area contributed by atoms with Gasteiger partial charge in [-0.25, -0.2) is 0 Å². The molecule has 1 heterocycles. The van der Waals surface area contributed by atoms with Crippen LogP contribution in [-0.2, 0) is 16.0 Å². The lowest BCUT2D eigenvalue weighted by Crippen LogP contribution is -2.46. The van der Waals surface area contributed by atoms with Crippen LogP contribution in [0.3, 0.4) is 0 Å². The van der Waals surface area contributed by atoms with Gasteiger partial charge in [0.25, 0.3) is 5.91 Å². The first-order valence-electron chi connectivity index (χ1n) is 7.04. The minimum atomic E-state index is -0.392. The number of carbonyl (C=O) groups excluding carboxylic acids is 1. The van der Waals surface area contributed by atoms with Gasteiger partial charge >= 0.3 is 0 Å². The van der Waals surface area contributed by atoms with Crippen LogP contribution in [0.1, 0.15) is 26.3 Å². The molecule has 1 amide bonds. The topological polar surface area (TPSA) is 53.3 Å². The number of benzene rings is 1. The lowest BCUT2D eigenvalue weighted by molar-refractivity contribution is -0.116. The Balaban J connectivity index is 2.46. The largest absolute Gasteiger partial charge is 0.499 e. The Kier molecular flexibility index (Phi) is 4.04. The highest BCUT2D eigenvalue weighted by atomic mass is 16.5. The Hall–Kier alpha value is -2.28. The van der Waals surface area contributed by atoms with Crippen molar-refractivity contribution in [2.75, 3.05) is 18.6 Å². The maximum atomic E-state index is 12.5. The Morgan fingerprint density at radius 2 is 1.95 bits per heavy atom. The molecule has 21 heavy (non-hydrogen) atoms. The Morgan fingerprint density at radius 1 is 1.33 bits per heavy atom. The van der Waals surface area contributed by atoms with E-state index in [0.29, 0.717) is 12.3 Å². The van der Waals surface area contributed by atoms with Crippen LogP contribution in [0.5, 0.6) is 0 Å². The number of nitrogens with zero attached hydrogens (tertiary/aromatic N) is 2. The molecule has 0 unspecified atom stereocenters. The number of anilines is 1. The molecule has 0 fully saturated rings. The third kappa shape index (κ3) is 2.64. The number of rotatable bonds is 3. The Labute approximate surface area is 125 Å². The highest BCUT2D eigenvalue weighted by Crippen LogP contribution is 2.37. The minimum absolute atomic E-state index is 0.0910. The number of carbonyl (C=O) groups is 1. The predicted octanol–water partition coefficient (Wildman–Crippen LogP) is 3.05. The van der Waals surface area contributed by atoms with Crippen LogP contribution in [0.15, 0.2) is 35.6 Å². The molecule has 1 aliphatic heterocycles. The second kappa shape index (κ2) is 5.61. The zero-order chi connectivity index (χ0) is 15.6. The molecule has 0 saturated carbocycles. The number of methoxy groups -OCH3 is 1. The Bertz CT molecular complexity index is 621. The average molecular weight is 284 g/mol. The fraction of sp³-hybridized carbons (Fsp3) is 0.412. The van der Waals surface area contributed by atoms with Gasteiger partial charge in [-0.3, -0.25) is 4.79 Å². The van der Waals surface area contributed by atoms with Gasteiger partial charge in [0.15, 0.2) is 5.57 Å². The Morgan fingerprint density at radius 3 is 2.43 bits per heavy atom. The fourth-order valence-corrected chi connectivity index (χ4v) is 2.71. The highest BCUT2D eigenvalue weighted by molar-refractivity contribution is 6.09. The summed E-state index contributed by atoms with van der Waals surface area (Å²) in [6, 6.07) is 9.88. The monoisotopic (exact) mass is 284 g/mol. The van der Waals surface area contributed by atoms with Crippen molar-refractivity contribution in [2.24, 2.45) is 5.41 Å². The number of hydrogen-bond acceptors (Lipinski definition) is 3. The average Bonchev–Trinajstić information content (AvgIpc) is 2.48. The molecule has 0 aliphatic carbocycles. The van der Waals surface area contributed by atoms with E-state index in [0.717, 1.165) is 12.1 Å². The summed E-state index contributed by atoms with van der Waals surface area (Å²) in [5.74, 6) is 0.175. The van der Waals surface area contributed by atoms with Crippen LogP contribution >= 0.6 is 0 Å².